The maximum Gasteiger partial charge on any atom is 0.193 e. The molecule has 0 unspecified atom stereocenters. The van der Waals surface area contributed by atoms with E-state index >= 15 is 0 Å². The summed E-state index contributed by atoms with van der Waals surface area (Å²) in [6.45, 7) is 12.6. The van der Waals surface area contributed by atoms with Crippen molar-refractivity contribution >= 4 is 22.9 Å². The van der Waals surface area contributed by atoms with Crippen LogP contribution in [0.5, 0.6) is 0 Å². The van der Waals surface area contributed by atoms with Crippen molar-refractivity contribution in [2.45, 2.75) is 48.0 Å². The van der Waals surface area contributed by atoms with E-state index in [0.717, 1.165) is 39.4 Å². The van der Waals surface area contributed by atoms with Gasteiger partial charge in [0, 0.05) is 55.9 Å². The molecule has 0 bridgehead atoms. The molecule has 1 heterocycles. The number of benzene rings is 3. The molecule has 4 nitrogen and oxygen atoms in total. The van der Waals surface area contributed by atoms with Gasteiger partial charge in [0.15, 0.2) is 11.6 Å². The van der Waals surface area contributed by atoms with Crippen molar-refractivity contribution in [3.05, 3.63) is 117 Å². The van der Waals surface area contributed by atoms with Crippen molar-refractivity contribution in [3.63, 3.8) is 0 Å². The van der Waals surface area contributed by atoms with Gasteiger partial charge in [-0.3, -0.25) is 9.59 Å². The van der Waals surface area contributed by atoms with Crippen molar-refractivity contribution in [3.8, 4) is 0 Å². The maximum atomic E-state index is 13.9. The minimum atomic E-state index is -0.0845. The van der Waals surface area contributed by atoms with E-state index in [2.05, 4.69) is 75.6 Å². The Labute approximate surface area is 227 Å². The van der Waals surface area contributed by atoms with Crippen LogP contribution < -0.4 is 9.80 Å². The van der Waals surface area contributed by atoms with Crippen molar-refractivity contribution in [1.29, 1.82) is 0 Å². The summed E-state index contributed by atoms with van der Waals surface area (Å²) >= 11 is 0. The smallest absolute Gasteiger partial charge is 0.193 e. The standard InChI is InChI=1S/C31H30N2O2.Pd/c1-18-13-20(3)28(21(4)14-18)32-11-12-33(29-22(5)15-19(2)16-23(29)6)31(32)26-17-27(34)24-9-7-8-10-25(24)30(26)35;/h7-16H,17H2,1-6H3;. The van der Waals surface area contributed by atoms with Gasteiger partial charge in [-0.1, -0.05) is 59.7 Å². The molecule has 0 atom stereocenters. The molecule has 1 aliphatic carbocycles. The van der Waals surface area contributed by atoms with E-state index in [-0.39, 0.29) is 38.4 Å². The SMILES string of the molecule is Cc1cc(C)c(N2C=CN(c3c(C)cc(C)cc3C)C2=C2CC(=O)c3ccccc3C2=O)c(C)c1.[Pd]. The number of nitrogens with zero attached hydrogens (tertiary/aromatic N) is 2. The number of carbonyl (C=O) groups excluding carboxylic acids is 2. The first-order chi connectivity index (χ1) is 16.7. The summed E-state index contributed by atoms with van der Waals surface area (Å²) in [7, 11) is 0. The summed E-state index contributed by atoms with van der Waals surface area (Å²) in [6, 6.07) is 15.8. The maximum absolute atomic E-state index is 13.9. The number of allylic oxidation sites excluding steroid dienone is 1. The second kappa shape index (κ2) is 9.65. The van der Waals surface area contributed by atoms with Crippen LogP contribution in [-0.4, -0.2) is 11.6 Å². The molecule has 1 aliphatic heterocycles. The second-order valence-electron chi connectivity index (χ2n) is 9.81. The average molecular weight is 569 g/mol. The Morgan fingerprint density at radius 1 is 0.639 bits per heavy atom. The zero-order valence-electron chi connectivity index (χ0n) is 21.5. The van der Waals surface area contributed by atoms with Crippen LogP contribution in [0.3, 0.4) is 0 Å². The van der Waals surface area contributed by atoms with E-state index < -0.39 is 0 Å². The summed E-state index contributed by atoms with van der Waals surface area (Å²) in [5, 5.41) is 0. The van der Waals surface area contributed by atoms with Gasteiger partial charge >= 0.3 is 0 Å². The Kier molecular flexibility index (Phi) is 6.93. The van der Waals surface area contributed by atoms with Crippen molar-refractivity contribution in [2.24, 2.45) is 0 Å². The Hall–Kier alpha value is -3.26. The van der Waals surface area contributed by atoms with Gasteiger partial charge in [-0.25, -0.2) is 0 Å². The van der Waals surface area contributed by atoms with E-state index in [1.165, 1.54) is 11.1 Å². The van der Waals surface area contributed by atoms with Crippen LogP contribution in [0.25, 0.3) is 0 Å². The van der Waals surface area contributed by atoms with Crippen LogP contribution in [0, 0.1) is 41.5 Å². The number of ketones is 2. The molecule has 5 rings (SSSR count). The first kappa shape index (κ1) is 25.8. The van der Waals surface area contributed by atoms with E-state index in [1.54, 1.807) is 12.1 Å². The molecular weight excluding hydrogens is 539 g/mol. The number of Topliss-reactive ketones (excluding diaryl/α,β-unsaturated/α-hetero) is 2. The zero-order chi connectivity index (χ0) is 25.0. The van der Waals surface area contributed by atoms with E-state index in [0.29, 0.717) is 16.7 Å². The topological polar surface area (TPSA) is 40.6 Å². The van der Waals surface area contributed by atoms with Gasteiger partial charge < -0.3 is 9.80 Å². The van der Waals surface area contributed by atoms with Crippen molar-refractivity contribution in [1.82, 2.24) is 0 Å². The van der Waals surface area contributed by atoms with Crippen LogP contribution >= 0.6 is 0 Å². The molecule has 0 saturated carbocycles. The molecule has 3 aromatic rings. The molecule has 0 amide bonds. The van der Waals surface area contributed by atoms with Crippen LogP contribution in [0.1, 0.15) is 60.5 Å². The molecule has 3 aromatic carbocycles. The molecule has 0 spiro atoms. The van der Waals surface area contributed by atoms with E-state index in [4.69, 9.17) is 0 Å². The Morgan fingerprint density at radius 2 is 1.06 bits per heavy atom. The van der Waals surface area contributed by atoms with Crippen LogP contribution in [0.4, 0.5) is 11.4 Å². The molecule has 2 aliphatic rings. The number of aryl methyl sites for hydroxylation is 6. The molecular formula is C31H30N2O2Pd. The third kappa shape index (κ3) is 4.17. The minimum absolute atomic E-state index is 0. The molecule has 5 heteroatoms. The minimum Gasteiger partial charge on any atom is -0.301 e. The monoisotopic (exact) mass is 568 g/mol. The molecule has 186 valence electrons. The van der Waals surface area contributed by atoms with E-state index in [9.17, 15) is 9.59 Å². The first-order valence-electron chi connectivity index (χ1n) is 12.0. The normalized spacial score (nSPS) is 14.9. The molecule has 0 fully saturated rings. The van der Waals surface area contributed by atoms with Gasteiger partial charge in [-0.15, -0.1) is 0 Å². The average Bonchev–Trinajstić information content (AvgIpc) is 3.18. The molecule has 0 aromatic heterocycles. The fraction of sp³-hybridized carbons (Fsp3) is 0.226. The summed E-state index contributed by atoms with van der Waals surface area (Å²) in [5.74, 6) is 0.630. The van der Waals surface area contributed by atoms with Gasteiger partial charge in [-0.2, -0.15) is 0 Å². The first-order valence-corrected chi connectivity index (χ1v) is 12.0. The number of carbonyl (C=O) groups is 2. The second-order valence-corrected chi connectivity index (χ2v) is 9.81. The van der Waals surface area contributed by atoms with E-state index in [1.807, 2.05) is 24.5 Å². The third-order valence-electron chi connectivity index (χ3n) is 6.93. The van der Waals surface area contributed by atoms with Gasteiger partial charge in [0.05, 0.1) is 11.4 Å². The van der Waals surface area contributed by atoms with Crippen molar-refractivity contribution < 1.29 is 30.0 Å². The largest absolute Gasteiger partial charge is 0.301 e. The van der Waals surface area contributed by atoms with Gasteiger partial charge in [-0.05, 0) is 63.8 Å². The fourth-order valence-corrected chi connectivity index (χ4v) is 5.75. The third-order valence-corrected chi connectivity index (χ3v) is 6.93. The quantitative estimate of drug-likeness (QED) is 0.246. The Morgan fingerprint density at radius 3 is 1.50 bits per heavy atom. The molecule has 0 saturated heterocycles. The Balaban J connectivity index is 0.00000304. The summed E-state index contributed by atoms with van der Waals surface area (Å²) in [5.41, 5.74) is 10.5. The number of anilines is 2. The number of hydrogen-bond acceptors (Lipinski definition) is 4. The van der Waals surface area contributed by atoms with Crippen LogP contribution in [0.2, 0.25) is 0 Å². The predicted molar refractivity (Wildman–Crippen MR) is 142 cm³/mol. The van der Waals surface area contributed by atoms with Gasteiger partial charge in [0.2, 0.25) is 0 Å². The molecule has 0 N–H and O–H groups in total. The zero-order valence-corrected chi connectivity index (χ0v) is 23.1. The molecule has 0 radical (unpaired) electrons. The van der Waals surface area contributed by atoms with Gasteiger partial charge in [0.1, 0.15) is 5.82 Å². The Bertz CT molecular complexity index is 1370. The van der Waals surface area contributed by atoms with Crippen LogP contribution in [0.15, 0.2) is 72.3 Å². The number of rotatable bonds is 2. The van der Waals surface area contributed by atoms with Gasteiger partial charge in [0.25, 0.3) is 0 Å². The van der Waals surface area contributed by atoms with Crippen molar-refractivity contribution in [2.75, 3.05) is 9.80 Å². The summed E-state index contributed by atoms with van der Waals surface area (Å²) in [6.07, 6.45) is 4.11. The molecule has 36 heavy (non-hydrogen) atoms. The van der Waals surface area contributed by atoms with Crippen LogP contribution in [-0.2, 0) is 20.4 Å². The predicted octanol–water partition coefficient (Wildman–Crippen LogP) is 7.01. The fourth-order valence-electron chi connectivity index (χ4n) is 5.75. The summed E-state index contributed by atoms with van der Waals surface area (Å²) < 4.78 is 0. The number of hydrogen-bond donors (Lipinski definition) is 0. The number of fused-ring (bicyclic) bond motifs is 1. The summed E-state index contributed by atoms with van der Waals surface area (Å²) in [4.78, 5) is 31.2.